The third-order valence-electron chi connectivity index (χ3n) is 4.29. The van der Waals surface area contributed by atoms with E-state index in [1.807, 2.05) is 60.7 Å². The number of methoxy groups -OCH3 is 1. The maximum absolute atomic E-state index is 12.4. The van der Waals surface area contributed by atoms with Crippen molar-refractivity contribution in [3.05, 3.63) is 90.0 Å². The van der Waals surface area contributed by atoms with Gasteiger partial charge in [-0.25, -0.2) is 4.68 Å². The summed E-state index contributed by atoms with van der Waals surface area (Å²) in [5.74, 6) is 0.732. The highest BCUT2D eigenvalue weighted by Crippen LogP contribution is 2.17. The Hall–Kier alpha value is -3.73. The largest absolute Gasteiger partial charge is 0.497 e. The van der Waals surface area contributed by atoms with Gasteiger partial charge in [-0.15, -0.1) is 5.10 Å². The molecule has 0 radical (unpaired) electrons. The molecule has 1 heterocycles. The maximum atomic E-state index is 12.4. The van der Waals surface area contributed by atoms with Crippen molar-refractivity contribution in [1.29, 1.82) is 0 Å². The average Bonchev–Trinajstić information content (AvgIpc) is 3.16. The Balaban J connectivity index is 1.53. The number of benzene rings is 3. The highest BCUT2D eigenvalue weighted by Gasteiger charge is 2.07. The van der Waals surface area contributed by atoms with Crippen LogP contribution in [-0.2, 0) is 0 Å². The van der Waals surface area contributed by atoms with Gasteiger partial charge >= 0.3 is 0 Å². The van der Waals surface area contributed by atoms with Crippen LogP contribution in [0, 0.1) is 0 Å². The van der Waals surface area contributed by atoms with E-state index in [1.165, 1.54) is 0 Å². The van der Waals surface area contributed by atoms with Gasteiger partial charge in [-0.1, -0.05) is 35.6 Å². The Morgan fingerprint density at radius 3 is 2.44 bits per heavy atom. The smallest absolute Gasteiger partial charge is 0.185 e. The first-order chi connectivity index (χ1) is 13.2. The van der Waals surface area contributed by atoms with Crippen molar-refractivity contribution in [1.82, 2.24) is 15.0 Å². The lowest BCUT2D eigenvalue weighted by Crippen LogP contribution is -1.99. The molecule has 0 unspecified atom stereocenters. The summed E-state index contributed by atoms with van der Waals surface area (Å²) in [6.07, 6.45) is 3.36. The van der Waals surface area contributed by atoms with E-state index in [9.17, 15) is 4.79 Å². The Kier molecular flexibility index (Phi) is 4.49. The lowest BCUT2D eigenvalue weighted by Gasteiger charge is -2.03. The minimum atomic E-state index is -0.0548. The van der Waals surface area contributed by atoms with Crippen LogP contribution in [-0.4, -0.2) is 27.9 Å². The molecule has 1 aromatic heterocycles. The summed E-state index contributed by atoms with van der Waals surface area (Å²) in [4.78, 5) is 12.4. The third kappa shape index (κ3) is 3.48. The lowest BCUT2D eigenvalue weighted by atomic mass is 10.1. The van der Waals surface area contributed by atoms with Gasteiger partial charge in [0.05, 0.1) is 18.3 Å². The number of rotatable bonds is 5. The van der Waals surface area contributed by atoms with Gasteiger partial charge in [-0.05, 0) is 60.2 Å². The van der Waals surface area contributed by atoms with E-state index in [2.05, 4.69) is 10.3 Å². The fraction of sp³-hybridized carbons (Fsp3) is 0.0455. The predicted octanol–water partition coefficient (Wildman–Crippen LogP) is 4.33. The Labute approximate surface area is 156 Å². The molecule has 0 aliphatic heterocycles. The molecule has 0 saturated heterocycles. The van der Waals surface area contributed by atoms with Crippen molar-refractivity contribution < 1.29 is 9.53 Å². The molecule has 4 aromatic rings. The number of hydrogen-bond donors (Lipinski definition) is 0. The fourth-order valence-electron chi connectivity index (χ4n) is 2.81. The molecular weight excluding hydrogens is 338 g/mol. The number of allylic oxidation sites excluding steroid dienone is 1. The minimum Gasteiger partial charge on any atom is -0.497 e. The molecule has 0 amide bonds. The molecule has 5 heteroatoms. The summed E-state index contributed by atoms with van der Waals surface area (Å²) in [5, 5.41) is 8.34. The van der Waals surface area contributed by atoms with Crippen molar-refractivity contribution in [2.45, 2.75) is 0 Å². The number of hydrogen-bond acceptors (Lipinski definition) is 4. The summed E-state index contributed by atoms with van der Waals surface area (Å²) in [6, 6.07) is 22.6. The van der Waals surface area contributed by atoms with Gasteiger partial charge in [0.1, 0.15) is 11.3 Å². The average molecular weight is 355 g/mol. The van der Waals surface area contributed by atoms with Crippen molar-refractivity contribution in [2.24, 2.45) is 0 Å². The molecule has 0 N–H and O–H groups in total. The Morgan fingerprint density at radius 2 is 1.70 bits per heavy atom. The van der Waals surface area contributed by atoms with E-state index < -0.39 is 0 Å². The van der Waals surface area contributed by atoms with Crippen LogP contribution in [0.2, 0.25) is 0 Å². The topological polar surface area (TPSA) is 57.0 Å². The highest BCUT2D eigenvalue weighted by molar-refractivity contribution is 6.06. The monoisotopic (exact) mass is 355 g/mol. The second kappa shape index (κ2) is 7.25. The number of carbonyl (C=O) groups excluding carboxylic acids is 1. The van der Waals surface area contributed by atoms with Gasteiger partial charge in [0.25, 0.3) is 0 Å². The zero-order valence-electron chi connectivity index (χ0n) is 14.7. The van der Waals surface area contributed by atoms with Crippen LogP contribution < -0.4 is 4.74 Å². The van der Waals surface area contributed by atoms with Crippen molar-refractivity contribution in [2.75, 3.05) is 7.11 Å². The number of nitrogens with zero attached hydrogens (tertiary/aromatic N) is 3. The summed E-state index contributed by atoms with van der Waals surface area (Å²) in [5.41, 5.74) is 4.18. The number of ketones is 1. The molecule has 0 fully saturated rings. The number of aromatic nitrogens is 3. The number of ether oxygens (including phenoxy) is 1. The molecule has 0 aliphatic carbocycles. The van der Waals surface area contributed by atoms with E-state index in [0.717, 1.165) is 28.0 Å². The molecule has 5 nitrogen and oxygen atoms in total. The molecule has 0 aliphatic rings. The van der Waals surface area contributed by atoms with Crippen LogP contribution in [0.5, 0.6) is 5.75 Å². The van der Waals surface area contributed by atoms with Crippen molar-refractivity contribution in [3.63, 3.8) is 0 Å². The van der Waals surface area contributed by atoms with Gasteiger partial charge < -0.3 is 4.74 Å². The predicted molar refractivity (Wildman–Crippen MR) is 105 cm³/mol. The number of para-hydroxylation sites is 1. The first-order valence-corrected chi connectivity index (χ1v) is 8.52. The second-order valence-corrected chi connectivity index (χ2v) is 6.01. The number of carbonyl (C=O) groups is 1. The zero-order valence-corrected chi connectivity index (χ0v) is 14.7. The van der Waals surface area contributed by atoms with E-state index >= 15 is 0 Å². The van der Waals surface area contributed by atoms with Gasteiger partial charge in [0.15, 0.2) is 5.78 Å². The van der Waals surface area contributed by atoms with E-state index in [0.29, 0.717) is 5.56 Å². The quantitative estimate of drug-likeness (QED) is 0.395. The van der Waals surface area contributed by atoms with Crippen LogP contribution in [0.15, 0.2) is 78.9 Å². The first kappa shape index (κ1) is 16.7. The van der Waals surface area contributed by atoms with Gasteiger partial charge in [-0.2, -0.15) is 0 Å². The summed E-state index contributed by atoms with van der Waals surface area (Å²) in [7, 11) is 1.63. The summed E-state index contributed by atoms with van der Waals surface area (Å²) < 4.78 is 6.89. The molecule has 132 valence electrons. The second-order valence-electron chi connectivity index (χ2n) is 6.01. The standard InChI is InChI=1S/C22H17N3O2/c1-27-19-13-6-16(7-14-19)8-15-22(26)17-9-11-18(12-10-17)25-21-5-3-2-4-20(21)23-24-25/h2-15H,1H3. The zero-order chi connectivity index (χ0) is 18.6. The molecule has 0 spiro atoms. The van der Waals surface area contributed by atoms with E-state index in [-0.39, 0.29) is 5.78 Å². The lowest BCUT2D eigenvalue weighted by molar-refractivity contribution is 0.104. The van der Waals surface area contributed by atoms with Gasteiger partial charge in [0.2, 0.25) is 0 Å². The first-order valence-electron chi connectivity index (χ1n) is 8.52. The number of fused-ring (bicyclic) bond motifs is 1. The van der Waals surface area contributed by atoms with Crippen molar-refractivity contribution in [3.8, 4) is 11.4 Å². The molecule has 27 heavy (non-hydrogen) atoms. The molecule has 0 saturated carbocycles. The summed E-state index contributed by atoms with van der Waals surface area (Å²) >= 11 is 0. The highest BCUT2D eigenvalue weighted by atomic mass is 16.5. The summed E-state index contributed by atoms with van der Waals surface area (Å²) in [6.45, 7) is 0. The van der Waals surface area contributed by atoms with Crippen LogP contribution in [0.1, 0.15) is 15.9 Å². The minimum absolute atomic E-state index is 0.0548. The molecular formula is C22H17N3O2. The molecule has 3 aromatic carbocycles. The molecule has 0 bridgehead atoms. The molecule has 4 rings (SSSR count). The van der Waals surface area contributed by atoms with Crippen LogP contribution in [0.3, 0.4) is 0 Å². The normalized spacial score (nSPS) is 11.1. The SMILES string of the molecule is COc1ccc(C=CC(=O)c2ccc(-n3nnc4ccccc43)cc2)cc1. The third-order valence-corrected chi connectivity index (χ3v) is 4.29. The van der Waals surface area contributed by atoms with Gasteiger partial charge in [0, 0.05) is 5.56 Å². The maximum Gasteiger partial charge on any atom is 0.185 e. The van der Waals surface area contributed by atoms with Gasteiger partial charge in [-0.3, -0.25) is 4.79 Å². The Bertz CT molecular complexity index is 1110. The fourth-order valence-corrected chi connectivity index (χ4v) is 2.81. The van der Waals surface area contributed by atoms with Crippen LogP contribution in [0.4, 0.5) is 0 Å². The van der Waals surface area contributed by atoms with Crippen LogP contribution >= 0.6 is 0 Å². The van der Waals surface area contributed by atoms with E-state index in [1.54, 1.807) is 36.1 Å². The van der Waals surface area contributed by atoms with E-state index in [4.69, 9.17) is 4.74 Å². The molecule has 0 atom stereocenters. The van der Waals surface area contributed by atoms with Crippen LogP contribution in [0.25, 0.3) is 22.8 Å². The van der Waals surface area contributed by atoms with Crippen molar-refractivity contribution >= 4 is 22.9 Å². The Morgan fingerprint density at radius 1 is 0.963 bits per heavy atom.